The average molecular weight is 385 g/mol. The molecule has 1 fully saturated rings. The Morgan fingerprint density at radius 3 is 2.84 bits per heavy atom. The Morgan fingerprint density at radius 2 is 2.11 bits per heavy atom. The topological polar surface area (TPSA) is 46.1 Å². The molecule has 1 aromatic carbocycles. The highest BCUT2D eigenvalue weighted by atomic mass is 79.9. The fourth-order valence-electron chi connectivity index (χ4n) is 2.32. The SMILES string of the molecule is O=C1CC(CBr)CN1c1ccc2nccnc2c1Br. The molecule has 1 aromatic heterocycles. The number of carbonyl (C=O) groups excluding carboxylic acids is 1. The second-order valence-electron chi connectivity index (χ2n) is 4.55. The van der Waals surface area contributed by atoms with Crippen molar-refractivity contribution in [3.05, 3.63) is 29.0 Å². The predicted octanol–water partition coefficient (Wildman–Crippen LogP) is 3.14. The van der Waals surface area contributed by atoms with E-state index in [4.69, 9.17) is 0 Å². The number of hydrogen-bond donors (Lipinski definition) is 0. The summed E-state index contributed by atoms with van der Waals surface area (Å²) in [5.41, 5.74) is 2.48. The summed E-state index contributed by atoms with van der Waals surface area (Å²) in [6, 6.07) is 3.83. The van der Waals surface area contributed by atoms with Crippen molar-refractivity contribution in [3.63, 3.8) is 0 Å². The van der Waals surface area contributed by atoms with Crippen LogP contribution in [0.25, 0.3) is 11.0 Å². The number of nitrogens with zero attached hydrogens (tertiary/aromatic N) is 3. The molecule has 1 aliphatic heterocycles. The Bertz CT molecular complexity index is 647. The van der Waals surface area contributed by atoms with Crippen LogP contribution in [0.1, 0.15) is 6.42 Å². The van der Waals surface area contributed by atoms with Gasteiger partial charge in [-0.2, -0.15) is 0 Å². The zero-order valence-electron chi connectivity index (χ0n) is 10.0. The van der Waals surface area contributed by atoms with E-state index < -0.39 is 0 Å². The van der Waals surface area contributed by atoms with Gasteiger partial charge in [0.05, 0.1) is 15.7 Å². The monoisotopic (exact) mass is 383 g/mol. The molecule has 0 aliphatic carbocycles. The van der Waals surface area contributed by atoms with E-state index in [2.05, 4.69) is 41.8 Å². The number of amides is 1. The lowest BCUT2D eigenvalue weighted by molar-refractivity contribution is -0.117. The summed E-state index contributed by atoms with van der Waals surface area (Å²) in [7, 11) is 0. The Kier molecular flexibility index (Phi) is 3.54. The van der Waals surface area contributed by atoms with Crippen molar-refractivity contribution in [1.82, 2.24) is 9.97 Å². The van der Waals surface area contributed by atoms with E-state index in [1.165, 1.54) is 0 Å². The first kappa shape index (κ1) is 13.0. The maximum atomic E-state index is 12.1. The van der Waals surface area contributed by atoms with Crippen LogP contribution in [0.15, 0.2) is 29.0 Å². The number of fused-ring (bicyclic) bond motifs is 1. The summed E-state index contributed by atoms with van der Waals surface area (Å²) in [6.07, 6.45) is 3.91. The summed E-state index contributed by atoms with van der Waals surface area (Å²) in [5, 5.41) is 0.847. The molecule has 0 spiro atoms. The van der Waals surface area contributed by atoms with Gasteiger partial charge in [-0.25, -0.2) is 0 Å². The van der Waals surface area contributed by atoms with Gasteiger partial charge in [0.1, 0.15) is 5.52 Å². The van der Waals surface area contributed by atoms with Gasteiger partial charge in [0.15, 0.2) is 0 Å². The Labute approximate surface area is 127 Å². The molecular formula is C13H11Br2N3O. The number of halogens is 2. The van der Waals surface area contributed by atoms with Crippen LogP contribution < -0.4 is 4.90 Å². The van der Waals surface area contributed by atoms with E-state index in [1.807, 2.05) is 17.0 Å². The van der Waals surface area contributed by atoms with Crippen LogP contribution in [-0.2, 0) is 4.79 Å². The van der Waals surface area contributed by atoms with E-state index in [0.29, 0.717) is 12.3 Å². The largest absolute Gasteiger partial charge is 0.311 e. The lowest BCUT2D eigenvalue weighted by Gasteiger charge is -2.18. The molecule has 0 radical (unpaired) electrons. The molecule has 2 aromatic rings. The number of alkyl halides is 1. The maximum Gasteiger partial charge on any atom is 0.227 e. The molecule has 1 unspecified atom stereocenters. The number of carbonyl (C=O) groups is 1. The lowest BCUT2D eigenvalue weighted by atomic mass is 10.2. The second-order valence-corrected chi connectivity index (χ2v) is 5.99. The smallest absolute Gasteiger partial charge is 0.227 e. The number of rotatable bonds is 2. The molecule has 6 heteroatoms. The van der Waals surface area contributed by atoms with Gasteiger partial charge in [-0.15, -0.1) is 0 Å². The van der Waals surface area contributed by atoms with Gasteiger partial charge in [0.25, 0.3) is 0 Å². The van der Waals surface area contributed by atoms with Crippen molar-refractivity contribution < 1.29 is 4.79 Å². The van der Waals surface area contributed by atoms with Crippen molar-refractivity contribution in [3.8, 4) is 0 Å². The van der Waals surface area contributed by atoms with Crippen LogP contribution in [0.3, 0.4) is 0 Å². The number of anilines is 1. The number of benzene rings is 1. The van der Waals surface area contributed by atoms with Gasteiger partial charge in [0.2, 0.25) is 5.91 Å². The second kappa shape index (κ2) is 5.17. The third-order valence-electron chi connectivity index (χ3n) is 3.27. The van der Waals surface area contributed by atoms with Gasteiger partial charge in [0, 0.05) is 30.7 Å². The minimum absolute atomic E-state index is 0.161. The summed E-state index contributed by atoms with van der Waals surface area (Å²) >= 11 is 7.00. The predicted molar refractivity (Wildman–Crippen MR) is 81.5 cm³/mol. The first-order chi connectivity index (χ1) is 9.20. The number of aromatic nitrogens is 2. The normalized spacial score (nSPS) is 19.4. The Hall–Kier alpha value is -1.01. The van der Waals surface area contributed by atoms with E-state index in [0.717, 1.165) is 33.1 Å². The maximum absolute atomic E-state index is 12.1. The molecule has 0 saturated carbocycles. The molecule has 2 heterocycles. The minimum Gasteiger partial charge on any atom is -0.311 e. The molecule has 0 bridgehead atoms. The molecule has 98 valence electrons. The van der Waals surface area contributed by atoms with Gasteiger partial charge < -0.3 is 4.90 Å². The molecule has 1 amide bonds. The fraction of sp³-hybridized carbons (Fsp3) is 0.308. The Morgan fingerprint density at radius 1 is 1.32 bits per heavy atom. The third-order valence-corrected chi connectivity index (χ3v) is 4.97. The van der Waals surface area contributed by atoms with Crippen LogP contribution in [0.5, 0.6) is 0 Å². The van der Waals surface area contributed by atoms with Gasteiger partial charge in [-0.3, -0.25) is 14.8 Å². The fourth-order valence-corrected chi connectivity index (χ4v) is 3.40. The van der Waals surface area contributed by atoms with Crippen LogP contribution in [0.4, 0.5) is 5.69 Å². The van der Waals surface area contributed by atoms with Crippen molar-refractivity contribution >= 4 is 54.5 Å². The zero-order valence-corrected chi connectivity index (χ0v) is 13.2. The highest BCUT2D eigenvalue weighted by Crippen LogP contribution is 2.35. The first-order valence-electron chi connectivity index (χ1n) is 5.96. The van der Waals surface area contributed by atoms with E-state index >= 15 is 0 Å². The highest BCUT2D eigenvalue weighted by Gasteiger charge is 2.31. The minimum atomic E-state index is 0.161. The molecular weight excluding hydrogens is 374 g/mol. The van der Waals surface area contributed by atoms with Crippen LogP contribution in [0.2, 0.25) is 0 Å². The van der Waals surface area contributed by atoms with Crippen LogP contribution >= 0.6 is 31.9 Å². The van der Waals surface area contributed by atoms with Crippen molar-refractivity contribution in [2.45, 2.75) is 6.42 Å². The third kappa shape index (κ3) is 2.27. The van der Waals surface area contributed by atoms with Crippen LogP contribution in [-0.4, -0.2) is 27.7 Å². The van der Waals surface area contributed by atoms with Crippen molar-refractivity contribution in [2.24, 2.45) is 5.92 Å². The summed E-state index contributed by atoms with van der Waals surface area (Å²) in [4.78, 5) is 22.5. The summed E-state index contributed by atoms with van der Waals surface area (Å²) in [5.74, 6) is 0.533. The molecule has 1 aliphatic rings. The molecule has 4 nitrogen and oxygen atoms in total. The standard InChI is InChI=1S/C13H11Br2N3O/c14-6-8-5-11(19)18(7-8)10-2-1-9-13(12(10)15)17-4-3-16-9/h1-4,8H,5-7H2. The molecule has 3 rings (SSSR count). The Balaban J connectivity index is 2.06. The van der Waals surface area contributed by atoms with E-state index in [-0.39, 0.29) is 5.91 Å². The molecule has 1 saturated heterocycles. The highest BCUT2D eigenvalue weighted by molar-refractivity contribution is 9.10. The van der Waals surface area contributed by atoms with Crippen LogP contribution in [0, 0.1) is 5.92 Å². The van der Waals surface area contributed by atoms with Gasteiger partial charge in [-0.1, -0.05) is 15.9 Å². The van der Waals surface area contributed by atoms with E-state index in [1.54, 1.807) is 12.4 Å². The quantitative estimate of drug-likeness (QED) is 0.747. The van der Waals surface area contributed by atoms with Crippen molar-refractivity contribution in [2.75, 3.05) is 16.8 Å². The number of hydrogen-bond acceptors (Lipinski definition) is 3. The molecule has 1 atom stereocenters. The van der Waals surface area contributed by atoms with Crippen molar-refractivity contribution in [1.29, 1.82) is 0 Å². The molecule has 19 heavy (non-hydrogen) atoms. The molecule has 0 N–H and O–H groups in total. The summed E-state index contributed by atoms with van der Waals surface area (Å²) < 4.78 is 0.835. The summed E-state index contributed by atoms with van der Waals surface area (Å²) in [6.45, 7) is 0.744. The van der Waals surface area contributed by atoms with Gasteiger partial charge >= 0.3 is 0 Å². The van der Waals surface area contributed by atoms with Gasteiger partial charge in [-0.05, 0) is 34.0 Å². The van der Waals surface area contributed by atoms with E-state index in [9.17, 15) is 4.79 Å². The first-order valence-corrected chi connectivity index (χ1v) is 7.87. The zero-order chi connectivity index (χ0) is 13.4. The average Bonchev–Trinajstić information content (AvgIpc) is 2.81. The lowest BCUT2D eigenvalue weighted by Crippen LogP contribution is -2.25.